The van der Waals surface area contributed by atoms with Crippen molar-refractivity contribution >= 4 is 11.3 Å². The number of rotatable bonds is 8. The SMILES string of the molecule is CCCc1nc(CCN(CC)CC)sc1C(C)(C)N. The minimum absolute atomic E-state index is 0.268. The Balaban J connectivity index is 2.80. The van der Waals surface area contributed by atoms with E-state index in [-0.39, 0.29) is 5.54 Å². The Morgan fingerprint density at radius 2 is 1.79 bits per heavy atom. The van der Waals surface area contributed by atoms with Crippen LogP contribution in [0.3, 0.4) is 0 Å². The van der Waals surface area contributed by atoms with Crippen LogP contribution < -0.4 is 5.73 Å². The van der Waals surface area contributed by atoms with Gasteiger partial charge in [0.2, 0.25) is 0 Å². The van der Waals surface area contributed by atoms with Crippen LogP contribution >= 0.6 is 11.3 Å². The highest BCUT2D eigenvalue weighted by molar-refractivity contribution is 7.11. The van der Waals surface area contributed by atoms with Crippen LogP contribution in [0.5, 0.6) is 0 Å². The second-order valence-corrected chi connectivity index (χ2v) is 6.72. The normalized spacial score (nSPS) is 12.4. The topological polar surface area (TPSA) is 42.2 Å². The smallest absolute Gasteiger partial charge is 0.0944 e. The van der Waals surface area contributed by atoms with Gasteiger partial charge in [0.05, 0.1) is 10.7 Å². The predicted molar refractivity (Wildman–Crippen MR) is 84.8 cm³/mol. The molecule has 0 aliphatic rings. The molecule has 0 spiro atoms. The molecule has 1 aromatic rings. The molecule has 2 N–H and O–H groups in total. The second-order valence-electron chi connectivity index (χ2n) is 5.63. The Kier molecular flexibility index (Phi) is 6.43. The van der Waals surface area contributed by atoms with E-state index >= 15 is 0 Å². The third kappa shape index (κ3) is 4.86. The van der Waals surface area contributed by atoms with E-state index < -0.39 is 0 Å². The molecule has 110 valence electrons. The van der Waals surface area contributed by atoms with Crippen molar-refractivity contribution in [2.75, 3.05) is 19.6 Å². The van der Waals surface area contributed by atoms with Crippen LogP contribution in [0.1, 0.15) is 56.6 Å². The molecule has 0 amide bonds. The fourth-order valence-electron chi connectivity index (χ4n) is 2.21. The number of nitrogens with two attached hydrogens (primary N) is 1. The molecule has 0 unspecified atom stereocenters. The molecule has 0 aromatic carbocycles. The van der Waals surface area contributed by atoms with Crippen LogP contribution in [-0.2, 0) is 18.4 Å². The van der Waals surface area contributed by atoms with Crippen molar-refractivity contribution in [3.05, 3.63) is 15.6 Å². The quantitative estimate of drug-likeness (QED) is 0.797. The fraction of sp³-hybridized carbons (Fsp3) is 0.800. The standard InChI is InChI=1S/C15H29N3S/c1-6-9-12-14(15(4,5)16)19-13(17-12)10-11-18(7-2)8-3/h6-11,16H2,1-5H3. The van der Waals surface area contributed by atoms with Crippen LogP contribution in [-0.4, -0.2) is 29.5 Å². The van der Waals surface area contributed by atoms with Gasteiger partial charge in [0.1, 0.15) is 0 Å². The maximum absolute atomic E-state index is 6.27. The highest BCUT2D eigenvalue weighted by Gasteiger charge is 2.22. The van der Waals surface area contributed by atoms with Gasteiger partial charge in [0.25, 0.3) is 0 Å². The minimum atomic E-state index is -0.268. The van der Waals surface area contributed by atoms with Crippen LogP contribution in [0.4, 0.5) is 0 Å². The van der Waals surface area contributed by atoms with Gasteiger partial charge in [-0.05, 0) is 33.4 Å². The van der Waals surface area contributed by atoms with Gasteiger partial charge in [0.15, 0.2) is 0 Å². The summed E-state index contributed by atoms with van der Waals surface area (Å²) in [6, 6.07) is 0. The number of likely N-dealkylation sites (N-methyl/N-ethyl adjacent to an activating group) is 1. The zero-order chi connectivity index (χ0) is 14.5. The molecule has 0 aliphatic carbocycles. The summed E-state index contributed by atoms with van der Waals surface area (Å²) in [6.45, 7) is 14.1. The summed E-state index contributed by atoms with van der Waals surface area (Å²) in [5, 5.41) is 1.24. The molecule has 1 rings (SSSR count). The molecular weight excluding hydrogens is 254 g/mol. The molecule has 0 saturated heterocycles. The first-order valence-corrected chi connectivity index (χ1v) is 8.24. The average molecular weight is 283 g/mol. The van der Waals surface area contributed by atoms with E-state index in [9.17, 15) is 0 Å². The maximum atomic E-state index is 6.27. The number of aromatic nitrogens is 1. The number of hydrogen-bond acceptors (Lipinski definition) is 4. The number of nitrogens with zero attached hydrogens (tertiary/aromatic N) is 2. The highest BCUT2D eigenvalue weighted by atomic mass is 32.1. The third-order valence-corrected chi connectivity index (χ3v) is 4.85. The number of aryl methyl sites for hydroxylation is 1. The largest absolute Gasteiger partial charge is 0.321 e. The molecule has 0 aliphatic heterocycles. The first-order chi connectivity index (χ1) is 8.92. The van der Waals surface area contributed by atoms with Crippen LogP contribution in [0.25, 0.3) is 0 Å². The van der Waals surface area contributed by atoms with E-state index in [1.807, 2.05) is 0 Å². The average Bonchev–Trinajstić information content (AvgIpc) is 2.74. The molecule has 0 saturated carbocycles. The second kappa shape index (κ2) is 7.36. The van der Waals surface area contributed by atoms with Gasteiger partial charge in [-0.2, -0.15) is 0 Å². The lowest BCUT2D eigenvalue weighted by Crippen LogP contribution is -2.28. The van der Waals surface area contributed by atoms with E-state index in [2.05, 4.69) is 39.5 Å². The van der Waals surface area contributed by atoms with E-state index in [1.165, 1.54) is 15.6 Å². The lowest BCUT2D eigenvalue weighted by molar-refractivity contribution is 0.308. The molecular formula is C15H29N3S. The molecule has 0 atom stereocenters. The Bertz CT molecular complexity index is 375. The van der Waals surface area contributed by atoms with Gasteiger partial charge in [0, 0.05) is 23.4 Å². The predicted octanol–water partition coefficient (Wildman–Crippen LogP) is 3.17. The molecule has 0 radical (unpaired) electrons. The molecule has 1 heterocycles. The Morgan fingerprint density at radius 3 is 2.26 bits per heavy atom. The first-order valence-electron chi connectivity index (χ1n) is 7.42. The van der Waals surface area contributed by atoms with Crippen LogP contribution in [0, 0.1) is 0 Å². The summed E-state index contributed by atoms with van der Waals surface area (Å²) in [7, 11) is 0. The molecule has 0 bridgehead atoms. The zero-order valence-electron chi connectivity index (χ0n) is 13.1. The summed E-state index contributed by atoms with van der Waals surface area (Å²) >= 11 is 1.81. The van der Waals surface area contributed by atoms with E-state index in [0.29, 0.717) is 0 Å². The summed E-state index contributed by atoms with van der Waals surface area (Å²) in [5.41, 5.74) is 7.22. The van der Waals surface area contributed by atoms with E-state index in [4.69, 9.17) is 10.7 Å². The number of hydrogen-bond donors (Lipinski definition) is 1. The molecule has 4 heteroatoms. The Labute approximate surface area is 122 Å². The van der Waals surface area contributed by atoms with E-state index in [0.717, 1.165) is 38.9 Å². The van der Waals surface area contributed by atoms with Crippen molar-refractivity contribution < 1.29 is 0 Å². The van der Waals surface area contributed by atoms with Crippen molar-refractivity contribution in [1.29, 1.82) is 0 Å². The van der Waals surface area contributed by atoms with Crippen molar-refractivity contribution in [1.82, 2.24) is 9.88 Å². The molecule has 0 fully saturated rings. The summed E-state index contributed by atoms with van der Waals surface area (Å²) < 4.78 is 0. The van der Waals surface area contributed by atoms with Crippen LogP contribution in [0.2, 0.25) is 0 Å². The molecule has 19 heavy (non-hydrogen) atoms. The Morgan fingerprint density at radius 1 is 1.16 bits per heavy atom. The Hall–Kier alpha value is -0.450. The lowest BCUT2D eigenvalue weighted by Gasteiger charge is -2.18. The fourth-order valence-corrected chi connectivity index (χ4v) is 3.32. The van der Waals surface area contributed by atoms with Crippen molar-refractivity contribution in [2.45, 2.75) is 59.4 Å². The number of thiazole rings is 1. The third-order valence-electron chi connectivity index (χ3n) is 3.35. The van der Waals surface area contributed by atoms with Crippen LogP contribution in [0.15, 0.2) is 0 Å². The van der Waals surface area contributed by atoms with Gasteiger partial charge in [-0.3, -0.25) is 0 Å². The molecule has 1 aromatic heterocycles. The lowest BCUT2D eigenvalue weighted by atomic mass is 10.0. The summed E-state index contributed by atoms with van der Waals surface area (Å²) in [6.07, 6.45) is 3.21. The maximum Gasteiger partial charge on any atom is 0.0944 e. The van der Waals surface area contributed by atoms with Gasteiger partial charge in [-0.25, -0.2) is 4.98 Å². The summed E-state index contributed by atoms with van der Waals surface area (Å²) in [4.78, 5) is 8.52. The highest BCUT2D eigenvalue weighted by Crippen LogP contribution is 2.29. The first kappa shape index (κ1) is 16.6. The zero-order valence-corrected chi connectivity index (χ0v) is 13.9. The van der Waals surface area contributed by atoms with Gasteiger partial charge in [-0.1, -0.05) is 27.2 Å². The van der Waals surface area contributed by atoms with Gasteiger partial charge in [-0.15, -0.1) is 11.3 Å². The van der Waals surface area contributed by atoms with Gasteiger partial charge < -0.3 is 10.6 Å². The van der Waals surface area contributed by atoms with Crippen molar-refractivity contribution in [2.24, 2.45) is 5.73 Å². The monoisotopic (exact) mass is 283 g/mol. The summed E-state index contributed by atoms with van der Waals surface area (Å²) in [5.74, 6) is 0. The van der Waals surface area contributed by atoms with Crippen molar-refractivity contribution in [3.63, 3.8) is 0 Å². The van der Waals surface area contributed by atoms with Gasteiger partial charge >= 0.3 is 0 Å². The minimum Gasteiger partial charge on any atom is -0.321 e. The molecule has 3 nitrogen and oxygen atoms in total. The van der Waals surface area contributed by atoms with Crippen molar-refractivity contribution in [3.8, 4) is 0 Å². The van der Waals surface area contributed by atoms with E-state index in [1.54, 1.807) is 11.3 Å².